The molecule has 1 aliphatic rings. The van der Waals surface area contributed by atoms with Gasteiger partial charge in [0.05, 0.1) is 6.61 Å². The number of nitrogens with zero attached hydrogens (tertiary/aromatic N) is 2. The lowest BCUT2D eigenvalue weighted by Crippen LogP contribution is -2.52. The summed E-state index contributed by atoms with van der Waals surface area (Å²) in [5, 5.41) is 0. The number of hydrogen-bond donors (Lipinski definition) is 0. The molecule has 0 saturated carbocycles. The average Bonchev–Trinajstić information content (AvgIpc) is 2.54. The van der Waals surface area contributed by atoms with Crippen molar-refractivity contribution in [3.63, 3.8) is 0 Å². The van der Waals surface area contributed by atoms with Crippen molar-refractivity contribution in [2.45, 2.75) is 13.3 Å². The molecule has 0 bridgehead atoms. The summed E-state index contributed by atoms with van der Waals surface area (Å²) in [6.45, 7) is 2.51. The number of ether oxygens (including phenoxy) is 1. The molecule has 0 unspecified atom stereocenters. The van der Waals surface area contributed by atoms with Gasteiger partial charge in [-0.15, -0.1) is 0 Å². The first-order chi connectivity index (χ1) is 10.9. The molecule has 122 valence electrons. The predicted octanol–water partition coefficient (Wildman–Crippen LogP) is 2.67. The molecule has 1 heterocycles. The van der Waals surface area contributed by atoms with Crippen molar-refractivity contribution in [3.8, 4) is 5.75 Å². The third-order valence-electron chi connectivity index (χ3n) is 3.38. The zero-order valence-electron chi connectivity index (χ0n) is 13.1. The molecule has 23 heavy (non-hydrogen) atoms. The van der Waals surface area contributed by atoms with Gasteiger partial charge in [0.1, 0.15) is 11.3 Å². The number of barbiturate groups is 1. The standard InChI is InChI=1S/C16H17BrN2O4/c1-4-7-23-13-6-5-11(17)8-10(13)9-12-14(20)18(2)16(22)19(3)15(12)21/h5-6,8-9H,4,7H2,1-3H3. The Morgan fingerprint density at radius 3 is 2.30 bits per heavy atom. The van der Waals surface area contributed by atoms with Gasteiger partial charge in [-0.1, -0.05) is 22.9 Å². The van der Waals surface area contributed by atoms with Gasteiger partial charge in [0, 0.05) is 24.1 Å². The van der Waals surface area contributed by atoms with Crippen molar-refractivity contribution in [3.05, 3.63) is 33.8 Å². The number of halogens is 1. The van der Waals surface area contributed by atoms with Crippen LogP contribution >= 0.6 is 15.9 Å². The normalized spacial score (nSPS) is 15.3. The van der Waals surface area contributed by atoms with Crippen LogP contribution < -0.4 is 4.74 Å². The average molecular weight is 381 g/mol. The highest BCUT2D eigenvalue weighted by Crippen LogP contribution is 2.27. The van der Waals surface area contributed by atoms with Gasteiger partial charge in [-0.25, -0.2) is 4.79 Å². The van der Waals surface area contributed by atoms with Crippen molar-refractivity contribution in [2.24, 2.45) is 0 Å². The van der Waals surface area contributed by atoms with E-state index in [1.165, 1.54) is 20.2 Å². The Morgan fingerprint density at radius 2 is 1.74 bits per heavy atom. The lowest BCUT2D eigenvalue weighted by molar-refractivity contribution is -0.134. The van der Waals surface area contributed by atoms with Crippen LogP contribution in [0.2, 0.25) is 0 Å². The Labute approximate surface area is 142 Å². The van der Waals surface area contributed by atoms with Crippen LogP contribution in [0.3, 0.4) is 0 Å². The van der Waals surface area contributed by atoms with E-state index in [2.05, 4.69) is 15.9 Å². The van der Waals surface area contributed by atoms with Gasteiger partial charge >= 0.3 is 6.03 Å². The Hall–Kier alpha value is -2.15. The van der Waals surface area contributed by atoms with Crippen molar-refractivity contribution in [2.75, 3.05) is 20.7 Å². The summed E-state index contributed by atoms with van der Waals surface area (Å²) >= 11 is 3.36. The molecular formula is C16H17BrN2O4. The molecule has 0 spiro atoms. The fraction of sp³-hybridized carbons (Fsp3) is 0.312. The highest BCUT2D eigenvalue weighted by Gasteiger charge is 2.37. The molecular weight excluding hydrogens is 364 g/mol. The van der Waals surface area contributed by atoms with E-state index < -0.39 is 17.8 Å². The van der Waals surface area contributed by atoms with Crippen LogP contribution in [0, 0.1) is 0 Å². The molecule has 0 aliphatic carbocycles. The third kappa shape index (κ3) is 3.44. The van der Waals surface area contributed by atoms with Gasteiger partial charge in [0.2, 0.25) is 0 Å². The van der Waals surface area contributed by atoms with E-state index >= 15 is 0 Å². The molecule has 0 N–H and O–H groups in total. The Morgan fingerprint density at radius 1 is 1.13 bits per heavy atom. The molecule has 1 aromatic carbocycles. The zero-order valence-corrected chi connectivity index (χ0v) is 14.7. The van der Waals surface area contributed by atoms with E-state index in [1.54, 1.807) is 12.1 Å². The fourth-order valence-corrected chi connectivity index (χ4v) is 2.48. The van der Waals surface area contributed by atoms with Crippen LogP contribution in [-0.4, -0.2) is 48.3 Å². The highest BCUT2D eigenvalue weighted by molar-refractivity contribution is 9.10. The second-order valence-corrected chi connectivity index (χ2v) is 6.02. The number of carbonyl (C=O) groups excluding carboxylic acids is 3. The number of rotatable bonds is 4. The topological polar surface area (TPSA) is 66.9 Å². The minimum absolute atomic E-state index is 0.0750. The van der Waals surface area contributed by atoms with Gasteiger partial charge in [-0.05, 0) is 30.7 Å². The van der Waals surface area contributed by atoms with E-state index in [-0.39, 0.29) is 5.57 Å². The van der Waals surface area contributed by atoms with Crippen LogP contribution in [0.15, 0.2) is 28.2 Å². The number of urea groups is 1. The van der Waals surface area contributed by atoms with Crippen molar-refractivity contribution in [1.29, 1.82) is 0 Å². The molecule has 7 heteroatoms. The maximum absolute atomic E-state index is 12.2. The van der Waals surface area contributed by atoms with E-state index in [4.69, 9.17) is 4.74 Å². The van der Waals surface area contributed by atoms with E-state index in [0.29, 0.717) is 17.9 Å². The van der Waals surface area contributed by atoms with Crippen molar-refractivity contribution in [1.82, 2.24) is 9.80 Å². The number of imide groups is 2. The summed E-state index contributed by atoms with van der Waals surface area (Å²) in [5.41, 5.74) is 0.523. The smallest absolute Gasteiger partial charge is 0.333 e. The summed E-state index contributed by atoms with van der Waals surface area (Å²) in [4.78, 5) is 38.1. The molecule has 2 rings (SSSR count). The van der Waals surface area contributed by atoms with Gasteiger partial charge in [0.15, 0.2) is 0 Å². The molecule has 0 radical (unpaired) electrons. The molecule has 1 aromatic rings. The first-order valence-electron chi connectivity index (χ1n) is 7.11. The molecule has 0 atom stereocenters. The summed E-state index contributed by atoms with van der Waals surface area (Å²) in [6, 6.07) is 4.70. The Balaban J connectivity index is 2.47. The van der Waals surface area contributed by atoms with Crippen molar-refractivity contribution < 1.29 is 19.1 Å². The Kier molecular flexibility index (Phi) is 5.20. The van der Waals surface area contributed by atoms with Gasteiger partial charge in [0.25, 0.3) is 11.8 Å². The summed E-state index contributed by atoms with van der Waals surface area (Å²) in [6.07, 6.45) is 2.30. The number of benzene rings is 1. The van der Waals surface area contributed by atoms with Gasteiger partial charge < -0.3 is 4.74 Å². The summed E-state index contributed by atoms with van der Waals surface area (Å²) in [5.74, 6) is -0.676. The first-order valence-corrected chi connectivity index (χ1v) is 7.90. The van der Waals surface area contributed by atoms with Gasteiger partial charge in [-0.2, -0.15) is 0 Å². The lowest BCUT2D eigenvalue weighted by atomic mass is 10.1. The molecule has 6 nitrogen and oxygen atoms in total. The number of amides is 4. The third-order valence-corrected chi connectivity index (χ3v) is 3.87. The van der Waals surface area contributed by atoms with E-state index in [1.807, 2.05) is 13.0 Å². The quantitative estimate of drug-likeness (QED) is 0.594. The maximum atomic E-state index is 12.2. The highest BCUT2D eigenvalue weighted by atomic mass is 79.9. The molecule has 1 aliphatic heterocycles. The first kappa shape index (κ1) is 17.2. The second kappa shape index (κ2) is 6.95. The number of likely N-dealkylation sites (N-methyl/N-ethyl adjacent to an activating group) is 2. The van der Waals surface area contributed by atoms with Crippen LogP contribution in [0.5, 0.6) is 5.75 Å². The molecule has 0 aromatic heterocycles. The predicted molar refractivity (Wildman–Crippen MR) is 88.8 cm³/mol. The number of hydrogen-bond acceptors (Lipinski definition) is 4. The SMILES string of the molecule is CCCOc1ccc(Br)cc1C=C1C(=O)N(C)C(=O)N(C)C1=O. The van der Waals surface area contributed by atoms with Crippen LogP contribution in [0.1, 0.15) is 18.9 Å². The monoisotopic (exact) mass is 380 g/mol. The fourth-order valence-electron chi connectivity index (χ4n) is 2.11. The number of carbonyl (C=O) groups is 3. The van der Waals surface area contributed by atoms with Crippen molar-refractivity contribution >= 4 is 39.9 Å². The summed E-state index contributed by atoms with van der Waals surface area (Å²) in [7, 11) is 2.69. The van der Waals surface area contributed by atoms with Gasteiger partial charge in [-0.3, -0.25) is 19.4 Å². The second-order valence-electron chi connectivity index (χ2n) is 5.10. The zero-order chi connectivity index (χ0) is 17.1. The van der Waals surface area contributed by atoms with E-state index in [9.17, 15) is 14.4 Å². The largest absolute Gasteiger partial charge is 0.493 e. The summed E-state index contributed by atoms with van der Waals surface area (Å²) < 4.78 is 6.44. The van der Waals surface area contributed by atoms with Crippen LogP contribution in [-0.2, 0) is 9.59 Å². The lowest BCUT2D eigenvalue weighted by Gasteiger charge is -2.29. The molecule has 1 saturated heterocycles. The van der Waals surface area contributed by atoms with Crippen LogP contribution in [0.25, 0.3) is 6.08 Å². The van der Waals surface area contributed by atoms with Crippen LogP contribution in [0.4, 0.5) is 4.79 Å². The molecule has 4 amide bonds. The minimum atomic E-state index is -0.645. The van der Waals surface area contributed by atoms with E-state index in [0.717, 1.165) is 20.7 Å². The maximum Gasteiger partial charge on any atom is 0.333 e. The molecule has 1 fully saturated rings. The minimum Gasteiger partial charge on any atom is -0.493 e. The Bertz CT molecular complexity index is 673.